The van der Waals surface area contributed by atoms with Gasteiger partial charge >= 0.3 is 0 Å². The number of nitrogens with one attached hydrogen (secondary N) is 2. The van der Waals surface area contributed by atoms with Crippen LogP contribution in [0.25, 0.3) is 0 Å². The van der Waals surface area contributed by atoms with Crippen molar-refractivity contribution in [1.82, 2.24) is 10.6 Å². The maximum Gasteiger partial charge on any atom is 0.224 e. The lowest BCUT2D eigenvalue weighted by molar-refractivity contribution is -0.127. The summed E-state index contributed by atoms with van der Waals surface area (Å²) in [5.41, 5.74) is -0.662. The van der Waals surface area contributed by atoms with Crippen molar-refractivity contribution in [2.24, 2.45) is 11.8 Å². The Morgan fingerprint density at radius 1 is 1.39 bits per heavy atom. The van der Waals surface area contributed by atoms with E-state index in [4.69, 9.17) is 0 Å². The molecule has 1 aliphatic carbocycles. The Balaban J connectivity index is 1.74. The fraction of sp³-hybridized carbons (Fsp3) is 0.929. The second-order valence-electron chi connectivity index (χ2n) is 6.17. The molecule has 0 spiro atoms. The summed E-state index contributed by atoms with van der Waals surface area (Å²) in [4.78, 5) is 12.0. The highest BCUT2D eigenvalue weighted by molar-refractivity contribution is 5.79. The molecule has 1 saturated heterocycles. The second kappa shape index (κ2) is 6.02. The van der Waals surface area contributed by atoms with Gasteiger partial charge in [-0.2, -0.15) is 0 Å². The van der Waals surface area contributed by atoms with Gasteiger partial charge in [-0.25, -0.2) is 0 Å². The molecular formula is C14H26N2O2. The van der Waals surface area contributed by atoms with Gasteiger partial charge in [-0.3, -0.25) is 4.79 Å². The van der Waals surface area contributed by atoms with E-state index in [-0.39, 0.29) is 11.8 Å². The molecule has 4 heteroatoms. The highest BCUT2D eigenvalue weighted by Gasteiger charge is 2.32. The number of piperidine rings is 1. The molecule has 18 heavy (non-hydrogen) atoms. The molecule has 104 valence electrons. The Bertz CT molecular complexity index is 280. The molecule has 2 rings (SSSR count). The van der Waals surface area contributed by atoms with E-state index in [1.807, 2.05) is 0 Å². The molecule has 4 nitrogen and oxygen atoms in total. The van der Waals surface area contributed by atoms with Crippen molar-refractivity contribution in [2.75, 3.05) is 19.6 Å². The van der Waals surface area contributed by atoms with Gasteiger partial charge in [0.25, 0.3) is 0 Å². The van der Waals surface area contributed by atoms with Crippen LogP contribution < -0.4 is 10.6 Å². The fourth-order valence-electron chi connectivity index (χ4n) is 2.95. The zero-order valence-corrected chi connectivity index (χ0v) is 11.4. The van der Waals surface area contributed by atoms with Crippen molar-refractivity contribution in [1.29, 1.82) is 0 Å². The molecule has 0 bridgehead atoms. The summed E-state index contributed by atoms with van der Waals surface area (Å²) in [7, 11) is 0. The summed E-state index contributed by atoms with van der Waals surface area (Å²) < 4.78 is 0. The lowest BCUT2D eigenvalue weighted by Gasteiger charge is -2.35. The van der Waals surface area contributed by atoms with Gasteiger partial charge in [0.15, 0.2) is 0 Å². The lowest BCUT2D eigenvalue weighted by Crippen LogP contribution is -2.48. The van der Waals surface area contributed by atoms with Crippen LogP contribution in [0.4, 0.5) is 0 Å². The van der Waals surface area contributed by atoms with E-state index in [9.17, 15) is 9.90 Å². The molecule has 0 unspecified atom stereocenters. The Morgan fingerprint density at radius 2 is 2.11 bits per heavy atom. The molecular weight excluding hydrogens is 228 g/mol. The predicted octanol–water partition coefficient (Wildman–Crippen LogP) is 1.04. The van der Waals surface area contributed by atoms with Crippen LogP contribution in [0.2, 0.25) is 0 Å². The van der Waals surface area contributed by atoms with Crippen molar-refractivity contribution < 1.29 is 9.90 Å². The Kier molecular flexibility index (Phi) is 4.62. The van der Waals surface area contributed by atoms with Crippen LogP contribution >= 0.6 is 0 Å². The third-order valence-electron chi connectivity index (χ3n) is 4.46. The van der Waals surface area contributed by atoms with Crippen LogP contribution in [0.5, 0.6) is 0 Å². The first-order chi connectivity index (χ1) is 8.59. The van der Waals surface area contributed by atoms with Crippen LogP contribution in [0.1, 0.15) is 45.4 Å². The molecule has 3 N–H and O–H groups in total. The standard InChI is InChI=1S/C14H26N2O2/c1-11-4-6-14(18,7-5-11)10-16-13(17)12-3-2-8-15-9-12/h11-12,15,18H,2-10H2,1H3,(H,16,17)/t11?,12-,14?/m0/s1. The number of carbonyl (C=O) groups excluding carboxylic acids is 1. The van der Waals surface area contributed by atoms with Gasteiger partial charge in [-0.15, -0.1) is 0 Å². The fourth-order valence-corrected chi connectivity index (χ4v) is 2.95. The highest BCUT2D eigenvalue weighted by Crippen LogP contribution is 2.31. The predicted molar refractivity (Wildman–Crippen MR) is 71.2 cm³/mol. The van der Waals surface area contributed by atoms with E-state index in [2.05, 4.69) is 17.6 Å². The molecule has 2 fully saturated rings. The third-order valence-corrected chi connectivity index (χ3v) is 4.46. The Morgan fingerprint density at radius 3 is 2.72 bits per heavy atom. The van der Waals surface area contributed by atoms with Crippen LogP contribution in [0.15, 0.2) is 0 Å². The van der Waals surface area contributed by atoms with Crippen LogP contribution in [-0.2, 0) is 4.79 Å². The quantitative estimate of drug-likeness (QED) is 0.705. The van der Waals surface area contributed by atoms with Gasteiger partial charge in [-0.1, -0.05) is 6.92 Å². The van der Waals surface area contributed by atoms with Gasteiger partial charge in [0, 0.05) is 13.1 Å². The number of amides is 1. The topological polar surface area (TPSA) is 61.4 Å². The molecule has 1 amide bonds. The second-order valence-corrected chi connectivity index (χ2v) is 6.17. The molecule has 2 aliphatic rings. The maximum absolute atomic E-state index is 12.0. The number of carbonyl (C=O) groups is 1. The SMILES string of the molecule is CC1CCC(O)(CNC(=O)[C@H]2CCCNC2)CC1. The van der Waals surface area contributed by atoms with E-state index in [0.717, 1.165) is 51.6 Å². The Hall–Kier alpha value is -0.610. The number of rotatable bonds is 3. The maximum atomic E-state index is 12.0. The molecule has 1 heterocycles. The zero-order chi connectivity index (χ0) is 13.0. The van der Waals surface area contributed by atoms with Gasteiger partial charge in [-0.05, 0) is 51.0 Å². The molecule has 0 aromatic rings. The van der Waals surface area contributed by atoms with Gasteiger partial charge in [0.2, 0.25) is 5.91 Å². The van der Waals surface area contributed by atoms with Crippen LogP contribution in [0, 0.1) is 11.8 Å². The number of hydrogen-bond acceptors (Lipinski definition) is 3. The van der Waals surface area contributed by atoms with Crippen molar-refractivity contribution in [3.63, 3.8) is 0 Å². The molecule has 0 aromatic carbocycles. The van der Waals surface area contributed by atoms with E-state index >= 15 is 0 Å². The number of hydrogen-bond donors (Lipinski definition) is 3. The number of aliphatic hydroxyl groups is 1. The van der Waals surface area contributed by atoms with E-state index in [0.29, 0.717) is 12.5 Å². The summed E-state index contributed by atoms with van der Waals surface area (Å²) in [5.74, 6) is 0.905. The van der Waals surface area contributed by atoms with Gasteiger partial charge in [0.1, 0.15) is 0 Å². The molecule has 1 atom stereocenters. The summed E-state index contributed by atoms with van der Waals surface area (Å²) in [6, 6.07) is 0. The Labute approximate surface area is 110 Å². The summed E-state index contributed by atoms with van der Waals surface area (Å²) >= 11 is 0. The average Bonchev–Trinajstić information content (AvgIpc) is 2.41. The summed E-state index contributed by atoms with van der Waals surface area (Å²) in [5, 5.41) is 16.6. The largest absolute Gasteiger partial charge is 0.388 e. The lowest BCUT2D eigenvalue weighted by atomic mass is 9.79. The smallest absolute Gasteiger partial charge is 0.224 e. The normalized spacial score (nSPS) is 37.2. The van der Waals surface area contributed by atoms with Crippen LogP contribution in [0.3, 0.4) is 0 Å². The minimum absolute atomic E-state index is 0.0878. The van der Waals surface area contributed by atoms with Crippen molar-refractivity contribution in [2.45, 2.75) is 51.0 Å². The first-order valence-electron chi connectivity index (χ1n) is 7.30. The van der Waals surface area contributed by atoms with Crippen molar-refractivity contribution >= 4 is 5.91 Å². The molecule has 0 radical (unpaired) electrons. The van der Waals surface area contributed by atoms with Gasteiger partial charge in [0.05, 0.1) is 11.5 Å². The zero-order valence-electron chi connectivity index (χ0n) is 11.4. The third kappa shape index (κ3) is 3.69. The van der Waals surface area contributed by atoms with Crippen molar-refractivity contribution in [3.8, 4) is 0 Å². The summed E-state index contributed by atoms with van der Waals surface area (Å²) in [6.45, 7) is 4.45. The summed E-state index contributed by atoms with van der Waals surface area (Å²) in [6.07, 6.45) is 5.80. The van der Waals surface area contributed by atoms with E-state index < -0.39 is 5.60 Å². The van der Waals surface area contributed by atoms with Crippen molar-refractivity contribution in [3.05, 3.63) is 0 Å². The average molecular weight is 254 g/mol. The van der Waals surface area contributed by atoms with Gasteiger partial charge < -0.3 is 15.7 Å². The molecule has 0 aromatic heterocycles. The van der Waals surface area contributed by atoms with E-state index in [1.54, 1.807) is 0 Å². The minimum Gasteiger partial charge on any atom is -0.388 e. The van der Waals surface area contributed by atoms with Crippen LogP contribution in [-0.4, -0.2) is 36.2 Å². The minimum atomic E-state index is -0.662. The first kappa shape index (κ1) is 13.8. The monoisotopic (exact) mass is 254 g/mol. The molecule has 1 aliphatic heterocycles. The molecule has 1 saturated carbocycles. The highest BCUT2D eigenvalue weighted by atomic mass is 16.3. The first-order valence-corrected chi connectivity index (χ1v) is 7.30. The van der Waals surface area contributed by atoms with E-state index in [1.165, 1.54) is 0 Å².